The van der Waals surface area contributed by atoms with Crippen LogP contribution in [0.25, 0.3) is 0 Å². The van der Waals surface area contributed by atoms with Gasteiger partial charge in [-0.1, -0.05) is 30.5 Å². The van der Waals surface area contributed by atoms with Crippen molar-refractivity contribution in [3.8, 4) is 0 Å². The number of carbonyl (C=O) groups is 2. The Kier molecular flexibility index (Phi) is 7.71. The average molecular weight is 470 g/mol. The first-order valence-corrected chi connectivity index (χ1v) is 12.9. The van der Waals surface area contributed by atoms with Gasteiger partial charge in [0.15, 0.2) is 0 Å². The third kappa shape index (κ3) is 5.58. The Labute approximate surface area is 200 Å². The molecule has 1 atom stereocenters. The molecule has 0 radical (unpaired) electrons. The molecule has 2 aliphatic rings. The standard InChI is InChI=1S/C26H35N3O3S/c1-18-10-12-20(13-11-18)29-15-14-28(16-19(29)2)17-23(30)27-25-24(26(31)32-3)21-8-6-4-5-7-9-22(21)33-25/h10-13,19H,4-9,14-17H2,1-3H3,(H,27,30). The van der Waals surface area contributed by atoms with E-state index in [1.54, 1.807) is 11.3 Å². The predicted octanol–water partition coefficient (Wildman–Crippen LogP) is 4.65. The molecule has 1 saturated heterocycles. The largest absolute Gasteiger partial charge is 0.465 e. The van der Waals surface area contributed by atoms with Crippen LogP contribution in [0.3, 0.4) is 0 Å². The number of amides is 1. The molecule has 33 heavy (non-hydrogen) atoms. The first kappa shape index (κ1) is 23.8. The summed E-state index contributed by atoms with van der Waals surface area (Å²) < 4.78 is 5.08. The highest BCUT2D eigenvalue weighted by Crippen LogP contribution is 2.37. The lowest BCUT2D eigenvalue weighted by Crippen LogP contribution is -2.53. The topological polar surface area (TPSA) is 61.9 Å². The van der Waals surface area contributed by atoms with Gasteiger partial charge in [0.1, 0.15) is 5.00 Å². The van der Waals surface area contributed by atoms with Crippen molar-refractivity contribution < 1.29 is 14.3 Å². The maximum atomic E-state index is 13.0. The van der Waals surface area contributed by atoms with Gasteiger partial charge in [-0.2, -0.15) is 0 Å². The van der Waals surface area contributed by atoms with Crippen molar-refractivity contribution >= 4 is 33.9 Å². The predicted molar refractivity (Wildman–Crippen MR) is 135 cm³/mol. The minimum atomic E-state index is -0.344. The van der Waals surface area contributed by atoms with Crippen molar-refractivity contribution in [3.63, 3.8) is 0 Å². The number of hydrogen-bond acceptors (Lipinski definition) is 6. The summed E-state index contributed by atoms with van der Waals surface area (Å²) >= 11 is 1.56. The van der Waals surface area contributed by atoms with E-state index in [1.165, 1.54) is 36.1 Å². The first-order valence-electron chi connectivity index (χ1n) is 12.0. The quantitative estimate of drug-likeness (QED) is 0.646. The average Bonchev–Trinajstić information content (AvgIpc) is 3.09. The Morgan fingerprint density at radius 2 is 1.82 bits per heavy atom. The van der Waals surface area contributed by atoms with Gasteiger partial charge in [0, 0.05) is 36.2 Å². The van der Waals surface area contributed by atoms with Gasteiger partial charge >= 0.3 is 5.97 Å². The molecule has 0 bridgehead atoms. The lowest BCUT2D eigenvalue weighted by molar-refractivity contribution is -0.117. The van der Waals surface area contributed by atoms with E-state index in [9.17, 15) is 9.59 Å². The van der Waals surface area contributed by atoms with Crippen molar-refractivity contribution in [3.05, 3.63) is 45.8 Å². The Bertz CT molecular complexity index is 985. The molecular weight excluding hydrogens is 434 g/mol. The van der Waals surface area contributed by atoms with Gasteiger partial charge in [-0.3, -0.25) is 9.69 Å². The number of anilines is 2. The van der Waals surface area contributed by atoms with Crippen LogP contribution in [0.2, 0.25) is 0 Å². The zero-order valence-corrected chi connectivity index (χ0v) is 20.8. The van der Waals surface area contributed by atoms with Crippen LogP contribution in [0.4, 0.5) is 10.7 Å². The van der Waals surface area contributed by atoms with Crippen LogP contribution >= 0.6 is 11.3 Å². The third-order valence-corrected chi connectivity index (χ3v) is 7.97. The molecule has 1 fully saturated rings. The van der Waals surface area contributed by atoms with Crippen molar-refractivity contribution in [2.75, 3.05) is 43.5 Å². The molecule has 1 aromatic heterocycles. The van der Waals surface area contributed by atoms with Crippen molar-refractivity contribution in [2.24, 2.45) is 0 Å². The molecular formula is C26H35N3O3S. The minimum absolute atomic E-state index is 0.0645. The molecule has 4 rings (SSSR count). The normalized spacial score (nSPS) is 19.4. The Morgan fingerprint density at radius 3 is 2.52 bits per heavy atom. The maximum Gasteiger partial charge on any atom is 0.341 e. The lowest BCUT2D eigenvalue weighted by Gasteiger charge is -2.41. The number of nitrogens with zero attached hydrogens (tertiary/aromatic N) is 2. The van der Waals surface area contributed by atoms with Crippen LogP contribution in [-0.4, -0.2) is 56.1 Å². The van der Waals surface area contributed by atoms with Crippen LogP contribution in [0.1, 0.15) is 59.0 Å². The van der Waals surface area contributed by atoms with Gasteiger partial charge in [-0.05, 0) is 57.2 Å². The van der Waals surface area contributed by atoms with E-state index in [1.807, 2.05) is 0 Å². The number of aryl methyl sites for hydroxylation is 2. The molecule has 2 aromatic rings. The molecule has 0 spiro atoms. The summed E-state index contributed by atoms with van der Waals surface area (Å²) in [6.07, 6.45) is 6.46. The van der Waals surface area contributed by atoms with Crippen LogP contribution < -0.4 is 10.2 Å². The second-order valence-corrected chi connectivity index (χ2v) is 10.4. The lowest BCUT2D eigenvalue weighted by atomic mass is 9.96. The summed E-state index contributed by atoms with van der Waals surface area (Å²) in [7, 11) is 1.41. The van der Waals surface area contributed by atoms with E-state index in [0.717, 1.165) is 50.9 Å². The van der Waals surface area contributed by atoms with Crippen LogP contribution in [-0.2, 0) is 22.4 Å². The van der Waals surface area contributed by atoms with Crippen LogP contribution in [0.15, 0.2) is 24.3 Å². The maximum absolute atomic E-state index is 13.0. The Hall–Kier alpha value is -2.38. The summed E-state index contributed by atoms with van der Waals surface area (Å²) in [5, 5.41) is 3.72. The van der Waals surface area contributed by atoms with E-state index in [4.69, 9.17) is 4.74 Å². The first-order chi connectivity index (χ1) is 16.0. The number of esters is 1. The monoisotopic (exact) mass is 469 g/mol. The number of rotatable bonds is 5. The van der Waals surface area contributed by atoms with Crippen LogP contribution in [0, 0.1) is 6.92 Å². The number of ether oxygens (including phenoxy) is 1. The van der Waals surface area contributed by atoms with E-state index >= 15 is 0 Å². The fourth-order valence-electron chi connectivity index (χ4n) is 4.99. The minimum Gasteiger partial charge on any atom is -0.465 e. The zero-order valence-electron chi connectivity index (χ0n) is 20.0. The van der Waals surface area contributed by atoms with Crippen LogP contribution in [0.5, 0.6) is 0 Å². The number of fused-ring (bicyclic) bond motifs is 1. The fourth-order valence-corrected chi connectivity index (χ4v) is 6.28. The van der Waals surface area contributed by atoms with E-state index in [0.29, 0.717) is 23.2 Å². The highest BCUT2D eigenvalue weighted by atomic mass is 32.1. The number of benzene rings is 1. The molecule has 2 heterocycles. The highest BCUT2D eigenvalue weighted by molar-refractivity contribution is 7.17. The van der Waals surface area contributed by atoms with Gasteiger partial charge in [0.25, 0.3) is 0 Å². The summed E-state index contributed by atoms with van der Waals surface area (Å²) in [5.41, 5.74) is 4.15. The van der Waals surface area contributed by atoms with Gasteiger partial charge < -0.3 is 15.0 Å². The SMILES string of the molecule is COC(=O)c1c(NC(=O)CN2CCN(c3ccc(C)cc3)C(C)C2)sc2c1CCCCCC2. The Balaban J connectivity index is 1.41. The smallest absolute Gasteiger partial charge is 0.341 e. The second-order valence-electron chi connectivity index (χ2n) is 9.27. The van der Waals surface area contributed by atoms with E-state index in [2.05, 4.69) is 53.2 Å². The third-order valence-electron chi connectivity index (χ3n) is 6.76. The molecule has 7 heteroatoms. The molecule has 6 nitrogen and oxygen atoms in total. The van der Waals surface area contributed by atoms with Gasteiger partial charge in [-0.15, -0.1) is 11.3 Å². The number of piperazine rings is 1. The summed E-state index contributed by atoms with van der Waals surface area (Å²) in [5.74, 6) is -0.408. The Morgan fingerprint density at radius 1 is 1.09 bits per heavy atom. The van der Waals surface area contributed by atoms with E-state index < -0.39 is 0 Å². The summed E-state index contributed by atoms with van der Waals surface area (Å²) in [4.78, 5) is 31.4. The molecule has 0 saturated carbocycles. The number of hydrogen-bond donors (Lipinski definition) is 1. The fraction of sp³-hybridized carbons (Fsp3) is 0.538. The second kappa shape index (κ2) is 10.7. The van der Waals surface area contributed by atoms with Gasteiger partial charge in [-0.25, -0.2) is 4.79 Å². The zero-order chi connectivity index (χ0) is 23.4. The highest BCUT2D eigenvalue weighted by Gasteiger charge is 2.28. The summed E-state index contributed by atoms with van der Waals surface area (Å²) in [6.45, 7) is 7.18. The number of nitrogens with one attached hydrogen (secondary N) is 1. The summed E-state index contributed by atoms with van der Waals surface area (Å²) in [6, 6.07) is 8.95. The van der Waals surface area contributed by atoms with Crippen molar-refractivity contribution in [1.82, 2.24) is 4.90 Å². The van der Waals surface area contributed by atoms with Crippen molar-refractivity contribution in [2.45, 2.75) is 58.4 Å². The van der Waals surface area contributed by atoms with Crippen molar-refractivity contribution in [1.29, 1.82) is 0 Å². The molecule has 1 aliphatic heterocycles. The molecule has 1 aliphatic carbocycles. The molecule has 1 N–H and O–H groups in total. The van der Waals surface area contributed by atoms with Gasteiger partial charge in [0.05, 0.1) is 19.2 Å². The molecule has 1 unspecified atom stereocenters. The van der Waals surface area contributed by atoms with E-state index in [-0.39, 0.29) is 11.9 Å². The van der Waals surface area contributed by atoms with Gasteiger partial charge in [0.2, 0.25) is 5.91 Å². The number of thiophene rings is 1. The molecule has 1 amide bonds. The number of methoxy groups -OCH3 is 1. The molecule has 1 aromatic carbocycles. The number of carbonyl (C=O) groups excluding carboxylic acids is 2. The molecule has 178 valence electrons.